The van der Waals surface area contributed by atoms with Crippen LogP contribution < -0.4 is 10.1 Å². The minimum Gasteiger partial charge on any atom is -0.406 e. The normalized spacial score (nSPS) is 11.1. The Labute approximate surface area is 102 Å². The van der Waals surface area contributed by atoms with E-state index >= 15 is 0 Å². The fraction of sp³-hybridized carbons (Fsp3) is 0.364. The van der Waals surface area contributed by atoms with Crippen LogP contribution in [-0.4, -0.2) is 26.0 Å². The zero-order valence-corrected chi connectivity index (χ0v) is 9.58. The van der Waals surface area contributed by atoms with Crippen molar-refractivity contribution in [1.29, 1.82) is 0 Å². The molecule has 7 heteroatoms. The molecule has 0 bridgehead atoms. The number of halogens is 3. The van der Waals surface area contributed by atoms with Gasteiger partial charge in [-0.1, -0.05) is 12.1 Å². The van der Waals surface area contributed by atoms with Crippen molar-refractivity contribution in [1.82, 2.24) is 5.32 Å². The van der Waals surface area contributed by atoms with Crippen LogP contribution in [0.25, 0.3) is 0 Å². The third kappa shape index (κ3) is 5.53. The lowest BCUT2D eigenvalue weighted by Gasteiger charge is -2.09. The van der Waals surface area contributed by atoms with Gasteiger partial charge in [0.1, 0.15) is 12.4 Å². The molecular weight excluding hydrogens is 251 g/mol. The van der Waals surface area contributed by atoms with Gasteiger partial charge in [-0.25, -0.2) is 0 Å². The number of carbonyl (C=O) groups excluding carboxylic acids is 1. The highest BCUT2D eigenvalue weighted by Gasteiger charge is 2.30. The predicted octanol–water partition coefficient (Wildman–Crippen LogP) is 1.85. The molecule has 1 amide bonds. The van der Waals surface area contributed by atoms with Crippen LogP contribution in [-0.2, 0) is 16.1 Å². The summed E-state index contributed by atoms with van der Waals surface area (Å²) < 4.78 is 44.0. The first-order valence-corrected chi connectivity index (χ1v) is 5.01. The molecule has 0 saturated carbocycles. The van der Waals surface area contributed by atoms with Crippen LogP contribution in [0.1, 0.15) is 5.56 Å². The summed E-state index contributed by atoms with van der Waals surface area (Å²) in [7, 11) is 1.39. The molecule has 0 saturated heterocycles. The quantitative estimate of drug-likeness (QED) is 0.881. The fourth-order valence-corrected chi connectivity index (χ4v) is 1.19. The van der Waals surface area contributed by atoms with Crippen LogP contribution in [0, 0.1) is 0 Å². The maximum atomic E-state index is 11.9. The molecule has 4 nitrogen and oxygen atoms in total. The summed E-state index contributed by atoms with van der Waals surface area (Å²) in [5.74, 6) is -0.595. The van der Waals surface area contributed by atoms with Crippen LogP contribution in [0.15, 0.2) is 24.3 Å². The zero-order chi connectivity index (χ0) is 13.6. The molecule has 0 atom stereocenters. The number of alkyl halides is 3. The minimum absolute atomic E-state index is 0.0602. The van der Waals surface area contributed by atoms with Crippen molar-refractivity contribution in [2.75, 3.05) is 13.7 Å². The summed E-state index contributed by atoms with van der Waals surface area (Å²) in [6, 6.07) is 5.25. The molecule has 1 aromatic carbocycles. The van der Waals surface area contributed by atoms with Gasteiger partial charge in [0.2, 0.25) is 5.91 Å². The first-order valence-electron chi connectivity index (χ1n) is 5.01. The average molecular weight is 263 g/mol. The van der Waals surface area contributed by atoms with Crippen molar-refractivity contribution in [2.24, 2.45) is 0 Å². The van der Waals surface area contributed by atoms with Crippen molar-refractivity contribution in [3.8, 4) is 5.75 Å². The van der Waals surface area contributed by atoms with Crippen LogP contribution in [0.5, 0.6) is 5.75 Å². The van der Waals surface area contributed by atoms with E-state index in [1.165, 1.54) is 31.4 Å². The van der Waals surface area contributed by atoms with Crippen molar-refractivity contribution in [3.63, 3.8) is 0 Å². The number of carbonyl (C=O) groups is 1. The second-order valence-electron chi connectivity index (χ2n) is 3.40. The average Bonchev–Trinajstić information content (AvgIpc) is 2.26. The molecule has 0 spiro atoms. The summed E-state index contributed by atoms with van der Waals surface area (Å²) in [4.78, 5) is 11.1. The lowest BCUT2D eigenvalue weighted by molar-refractivity contribution is -0.274. The van der Waals surface area contributed by atoms with Gasteiger partial charge in [-0.3, -0.25) is 4.79 Å². The Morgan fingerprint density at radius 2 is 1.89 bits per heavy atom. The number of ether oxygens (including phenoxy) is 2. The van der Waals surface area contributed by atoms with Gasteiger partial charge in [0.25, 0.3) is 0 Å². The highest BCUT2D eigenvalue weighted by molar-refractivity contribution is 5.77. The van der Waals surface area contributed by atoms with Gasteiger partial charge < -0.3 is 14.8 Å². The van der Waals surface area contributed by atoms with Crippen molar-refractivity contribution in [3.05, 3.63) is 29.8 Å². The Balaban J connectivity index is 2.48. The van der Waals surface area contributed by atoms with Gasteiger partial charge in [0.05, 0.1) is 0 Å². The Hall–Kier alpha value is -1.76. The van der Waals surface area contributed by atoms with E-state index in [-0.39, 0.29) is 24.8 Å². The molecular formula is C11H12F3NO3. The van der Waals surface area contributed by atoms with E-state index in [1.54, 1.807) is 0 Å². The molecule has 18 heavy (non-hydrogen) atoms. The summed E-state index contributed by atoms with van der Waals surface area (Å²) in [6.45, 7) is 0.157. The smallest absolute Gasteiger partial charge is 0.406 e. The Bertz CT molecular complexity index is 390. The molecule has 0 aromatic heterocycles. The van der Waals surface area contributed by atoms with E-state index in [4.69, 9.17) is 0 Å². The molecule has 0 unspecified atom stereocenters. The van der Waals surface area contributed by atoms with Crippen LogP contribution in [0.3, 0.4) is 0 Å². The molecule has 0 radical (unpaired) electrons. The summed E-state index contributed by atoms with van der Waals surface area (Å²) in [5, 5.41) is 2.54. The molecule has 0 fully saturated rings. The van der Waals surface area contributed by atoms with Gasteiger partial charge in [0, 0.05) is 13.7 Å². The van der Waals surface area contributed by atoms with Gasteiger partial charge in [0.15, 0.2) is 0 Å². The maximum Gasteiger partial charge on any atom is 0.573 e. The number of amides is 1. The number of hydrogen-bond donors (Lipinski definition) is 1. The largest absolute Gasteiger partial charge is 0.573 e. The second-order valence-corrected chi connectivity index (χ2v) is 3.40. The Morgan fingerprint density at radius 1 is 1.28 bits per heavy atom. The molecule has 1 aromatic rings. The highest BCUT2D eigenvalue weighted by Crippen LogP contribution is 2.22. The summed E-state index contributed by atoms with van der Waals surface area (Å²) in [5.41, 5.74) is 0.661. The van der Waals surface area contributed by atoms with E-state index in [1.807, 2.05) is 0 Å². The number of nitrogens with one attached hydrogen (secondary N) is 1. The van der Waals surface area contributed by atoms with Gasteiger partial charge >= 0.3 is 6.36 Å². The van der Waals surface area contributed by atoms with Crippen LogP contribution in [0.4, 0.5) is 13.2 Å². The van der Waals surface area contributed by atoms with Gasteiger partial charge in [-0.05, 0) is 17.7 Å². The molecule has 0 aliphatic rings. The summed E-state index contributed by atoms with van der Waals surface area (Å²) in [6.07, 6.45) is -4.70. The van der Waals surface area contributed by atoms with E-state index in [9.17, 15) is 18.0 Å². The van der Waals surface area contributed by atoms with Gasteiger partial charge in [-0.15, -0.1) is 13.2 Å². The predicted molar refractivity (Wildman–Crippen MR) is 56.8 cm³/mol. The van der Waals surface area contributed by atoms with E-state index < -0.39 is 6.36 Å². The maximum absolute atomic E-state index is 11.9. The number of benzene rings is 1. The SMILES string of the molecule is COCC(=O)NCc1ccc(OC(F)(F)F)cc1. The topological polar surface area (TPSA) is 47.6 Å². The number of methoxy groups -OCH3 is 1. The molecule has 0 aliphatic heterocycles. The second kappa shape index (κ2) is 6.25. The standard InChI is InChI=1S/C11H12F3NO3/c1-17-7-10(16)15-6-8-2-4-9(5-3-8)18-11(12,13)14/h2-5H,6-7H2,1H3,(H,15,16). The van der Waals surface area contributed by atoms with E-state index in [0.29, 0.717) is 5.56 Å². The van der Waals surface area contributed by atoms with Crippen LogP contribution >= 0.6 is 0 Å². The zero-order valence-electron chi connectivity index (χ0n) is 9.58. The van der Waals surface area contributed by atoms with Crippen molar-refractivity contribution >= 4 is 5.91 Å². The third-order valence-electron chi connectivity index (χ3n) is 1.92. The van der Waals surface area contributed by atoms with Crippen molar-refractivity contribution < 1.29 is 27.4 Å². The van der Waals surface area contributed by atoms with Gasteiger partial charge in [-0.2, -0.15) is 0 Å². The lowest BCUT2D eigenvalue weighted by Crippen LogP contribution is -2.26. The molecule has 1 rings (SSSR count). The first kappa shape index (κ1) is 14.3. The number of hydrogen-bond acceptors (Lipinski definition) is 3. The summed E-state index contributed by atoms with van der Waals surface area (Å²) >= 11 is 0. The van der Waals surface area contributed by atoms with E-state index in [2.05, 4.69) is 14.8 Å². The minimum atomic E-state index is -4.70. The van der Waals surface area contributed by atoms with Crippen LogP contribution in [0.2, 0.25) is 0 Å². The first-order chi connectivity index (χ1) is 8.40. The van der Waals surface area contributed by atoms with Crippen molar-refractivity contribution in [2.45, 2.75) is 12.9 Å². The Kier molecular flexibility index (Phi) is 4.96. The third-order valence-corrected chi connectivity index (χ3v) is 1.92. The number of rotatable bonds is 5. The lowest BCUT2D eigenvalue weighted by atomic mass is 10.2. The molecule has 1 N–H and O–H groups in total. The molecule has 100 valence electrons. The van der Waals surface area contributed by atoms with E-state index in [0.717, 1.165) is 0 Å². The highest BCUT2D eigenvalue weighted by atomic mass is 19.4. The molecule has 0 aliphatic carbocycles. The monoisotopic (exact) mass is 263 g/mol. The molecule has 0 heterocycles. The fourth-order valence-electron chi connectivity index (χ4n) is 1.19. The Morgan fingerprint density at radius 3 is 2.39 bits per heavy atom.